The molecule has 2 aromatic rings. The number of ether oxygens (including phenoxy) is 1. The van der Waals surface area contributed by atoms with Crippen molar-refractivity contribution in [3.05, 3.63) is 62.1 Å². The standard InChI is InChI=1S/C14H12Cl2N2O3/c1-21-14-5-2-10(15)6-9(14)8-17-13-4-3-11(18(19)20)7-12(13)16/h2-7,17H,8H2,1H3. The van der Waals surface area contributed by atoms with E-state index in [9.17, 15) is 10.1 Å². The molecule has 0 unspecified atom stereocenters. The molecule has 0 aromatic heterocycles. The summed E-state index contributed by atoms with van der Waals surface area (Å²) in [6.07, 6.45) is 0. The van der Waals surface area contributed by atoms with E-state index in [0.717, 1.165) is 5.56 Å². The maximum Gasteiger partial charge on any atom is 0.271 e. The van der Waals surface area contributed by atoms with E-state index in [2.05, 4.69) is 5.32 Å². The van der Waals surface area contributed by atoms with Crippen molar-refractivity contribution in [1.29, 1.82) is 0 Å². The maximum atomic E-state index is 10.7. The molecule has 0 bridgehead atoms. The monoisotopic (exact) mass is 326 g/mol. The Morgan fingerprint density at radius 2 is 2.00 bits per heavy atom. The molecule has 21 heavy (non-hydrogen) atoms. The highest BCUT2D eigenvalue weighted by Crippen LogP contribution is 2.28. The second kappa shape index (κ2) is 6.65. The Kier molecular flexibility index (Phi) is 4.88. The molecule has 0 fully saturated rings. The topological polar surface area (TPSA) is 64.4 Å². The van der Waals surface area contributed by atoms with Gasteiger partial charge in [-0.15, -0.1) is 0 Å². The lowest BCUT2D eigenvalue weighted by Crippen LogP contribution is -2.02. The minimum atomic E-state index is -0.490. The van der Waals surface area contributed by atoms with Crippen LogP contribution in [0.1, 0.15) is 5.56 Å². The number of rotatable bonds is 5. The summed E-state index contributed by atoms with van der Waals surface area (Å²) in [5.41, 5.74) is 1.41. The van der Waals surface area contributed by atoms with E-state index >= 15 is 0 Å². The van der Waals surface area contributed by atoms with Crippen molar-refractivity contribution < 1.29 is 9.66 Å². The number of halogens is 2. The van der Waals surface area contributed by atoms with Crippen LogP contribution in [0, 0.1) is 10.1 Å². The highest BCUT2D eigenvalue weighted by Gasteiger charge is 2.10. The minimum Gasteiger partial charge on any atom is -0.496 e. The number of hydrogen-bond donors (Lipinski definition) is 1. The number of nitrogens with zero attached hydrogens (tertiary/aromatic N) is 1. The molecule has 7 heteroatoms. The third kappa shape index (κ3) is 3.77. The van der Waals surface area contributed by atoms with Crippen LogP contribution in [-0.2, 0) is 6.54 Å². The fourth-order valence-corrected chi connectivity index (χ4v) is 2.27. The normalized spacial score (nSPS) is 10.2. The Bertz CT molecular complexity index is 677. The molecular weight excluding hydrogens is 315 g/mol. The molecule has 1 N–H and O–H groups in total. The third-order valence-electron chi connectivity index (χ3n) is 2.88. The Labute approximate surface area is 131 Å². The first-order valence-corrected chi connectivity index (χ1v) is 6.77. The average Bonchev–Trinajstić information content (AvgIpc) is 2.46. The van der Waals surface area contributed by atoms with E-state index in [4.69, 9.17) is 27.9 Å². The molecule has 0 radical (unpaired) electrons. The zero-order chi connectivity index (χ0) is 15.4. The lowest BCUT2D eigenvalue weighted by Gasteiger charge is -2.12. The van der Waals surface area contributed by atoms with Gasteiger partial charge < -0.3 is 10.1 Å². The number of nitro groups is 1. The van der Waals surface area contributed by atoms with Gasteiger partial charge in [-0.2, -0.15) is 0 Å². The molecular formula is C14H12Cl2N2O3. The van der Waals surface area contributed by atoms with Crippen molar-refractivity contribution in [2.45, 2.75) is 6.54 Å². The van der Waals surface area contributed by atoms with Crippen LogP contribution in [0.5, 0.6) is 5.75 Å². The van der Waals surface area contributed by atoms with Crippen molar-refractivity contribution in [2.24, 2.45) is 0 Å². The lowest BCUT2D eigenvalue weighted by molar-refractivity contribution is -0.384. The van der Waals surface area contributed by atoms with Crippen molar-refractivity contribution >= 4 is 34.6 Å². The Hall–Kier alpha value is -1.98. The van der Waals surface area contributed by atoms with Crippen molar-refractivity contribution in [3.63, 3.8) is 0 Å². The van der Waals surface area contributed by atoms with Crippen LogP contribution in [0.15, 0.2) is 36.4 Å². The highest BCUT2D eigenvalue weighted by molar-refractivity contribution is 6.33. The summed E-state index contributed by atoms with van der Waals surface area (Å²) in [4.78, 5) is 10.2. The summed E-state index contributed by atoms with van der Waals surface area (Å²) in [6.45, 7) is 0.432. The molecule has 0 spiro atoms. The number of non-ortho nitro benzene ring substituents is 1. The SMILES string of the molecule is COc1ccc(Cl)cc1CNc1ccc([N+](=O)[O-])cc1Cl. The molecule has 0 amide bonds. The summed E-state index contributed by atoms with van der Waals surface area (Å²) in [5.74, 6) is 0.699. The van der Waals surface area contributed by atoms with Crippen LogP contribution < -0.4 is 10.1 Å². The number of nitrogens with one attached hydrogen (secondary N) is 1. The highest BCUT2D eigenvalue weighted by atomic mass is 35.5. The van der Waals surface area contributed by atoms with Crippen LogP contribution in [0.2, 0.25) is 10.0 Å². The molecule has 0 aliphatic carbocycles. The summed E-state index contributed by atoms with van der Waals surface area (Å²) >= 11 is 12.0. The molecule has 2 rings (SSSR count). The lowest BCUT2D eigenvalue weighted by atomic mass is 10.2. The van der Waals surface area contributed by atoms with Crippen LogP contribution >= 0.6 is 23.2 Å². The van der Waals surface area contributed by atoms with Gasteiger partial charge in [0.15, 0.2) is 0 Å². The van der Waals surface area contributed by atoms with Gasteiger partial charge in [0, 0.05) is 29.3 Å². The van der Waals surface area contributed by atoms with Crippen molar-refractivity contribution in [2.75, 3.05) is 12.4 Å². The van der Waals surface area contributed by atoms with Crippen molar-refractivity contribution in [3.8, 4) is 5.75 Å². The van der Waals surface area contributed by atoms with E-state index in [0.29, 0.717) is 23.0 Å². The summed E-state index contributed by atoms with van der Waals surface area (Å²) in [5, 5.41) is 14.6. The fraction of sp³-hybridized carbons (Fsp3) is 0.143. The third-order valence-corrected chi connectivity index (χ3v) is 3.42. The van der Waals surface area contributed by atoms with Gasteiger partial charge in [-0.25, -0.2) is 0 Å². The Morgan fingerprint density at radius 3 is 2.62 bits per heavy atom. The quantitative estimate of drug-likeness (QED) is 0.648. The minimum absolute atomic E-state index is 0.0501. The van der Waals surface area contributed by atoms with Crippen LogP contribution in [0.4, 0.5) is 11.4 Å². The Balaban J connectivity index is 2.17. The molecule has 5 nitrogen and oxygen atoms in total. The average molecular weight is 327 g/mol. The predicted octanol–water partition coefficient (Wildman–Crippen LogP) is 4.52. The molecule has 0 heterocycles. The van der Waals surface area contributed by atoms with E-state index in [1.165, 1.54) is 12.1 Å². The molecule has 0 saturated heterocycles. The first-order chi connectivity index (χ1) is 10.0. The van der Waals surface area contributed by atoms with Gasteiger partial charge in [-0.1, -0.05) is 23.2 Å². The van der Waals surface area contributed by atoms with Gasteiger partial charge in [0.25, 0.3) is 5.69 Å². The molecule has 2 aromatic carbocycles. The van der Waals surface area contributed by atoms with Crippen LogP contribution in [-0.4, -0.2) is 12.0 Å². The Morgan fingerprint density at radius 1 is 1.24 bits per heavy atom. The maximum absolute atomic E-state index is 10.7. The number of methoxy groups -OCH3 is 1. The van der Waals surface area contributed by atoms with E-state index < -0.39 is 4.92 Å². The first kappa shape index (κ1) is 15.4. The smallest absolute Gasteiger partial charge is 0.271 e. The van der Waals surface area contributed by atoms with Gasteiger partial charge in [0.1, 0.15) is 5.75 Å². The zero-order valence-corrected chi connectivity index (χ0v) is 12.6. The second-order valence-corrected chi connectivity index (χ2v) is 5.07. The zero-order valence-electron chi connectivity index (χ0n) is 11.1. The largest absolute Gasteiger partial charge is 0.496 e. The first-order valence-electron chi connectivity index (χ1n) is 6.01. The molecule has 0 aliphatic heterocycles. The van der Waals surface area contributed by atoms with E-state index in [-0.39, 0.29) is 10.7 Å². The number of anilines is 1. The van der Waals surface area contributed by atoms with Crippen molar-refractivity contribution in [1.82, 2.24) is 0 Å². The van der Waals surface area contributed by atoms with Crippen LogP contribution in [0.25, 0.3) is 0 Å². The van der Waals surface area contributed by atoms with E-state index in [1.807, 2.05) is 0 Å². The van der Waals surface area contributed by atoms with Gasteiger partial charge in [0.2, 0.25) is 0 Å². The summed E-state index contributed by atoms with van der Waals surface area (Å²) in [6, 6.07) is 9.56. The van der Waals surface area contributed by atoms with Gasteiger partial charge in [0.05, 0.1) is 22.7 Å². The molecule has 0 saturated carbocycles. The summed E-state index contributed by atoms with van der Waals surface area (Å²) in [7, 11) is 1.57. The van der Waals surface area contributed by atoms with Gasteiger partial charge in [-0.05, 0) is 24.3 Å². The van der Waals surface area contributed by atoms with E-state index in [1.54, 1.807) is 31.4 Å². The number of benzene rings is 2. The predicted molar refractivity (Wildman–Crippen MR) is 83.4 cm³/mol. The number of nitro benzene ring substituents is 1. The number of hydrogen-bond acceptors (Lipinski definition) is 4. The van der Waals surface area contributed by atoms with Gasteiger partial charge in [-0.3, -0.25) is 10.1 Å². The second-order valence-electron chi connectivity index (χ2n) is 4.23. The molecule has 0 aliphatic rings. The molecule has 0 atom stereocenters. The summed E-state index contributed by atoms with van der Waals surface area (Å²) < 4.78 is 5.25. The molecule has 110 valence electrons. The van der Waals surface area contributed by atoms with Gasteiger partial charge >= 0.3 is 0 Å². The van der Waals surface area contributed by atoms with Crippen LogP contribution in [0.3, 0.4) is 0 Å². The fourth-order valence-electron chi connectivity index (χ4n) is 1.84.